The molecule has 0 aromatic heterocycles. The number of hydrogen-bond acceptors (Lipinski definition) is 9. The van der Waals surface area contributed by atoms with Crippen molar-refractivity contribution in [3.8, 4) is 45.6 Å². The van der Waals surface area contributed by atoms with Crippen LogP contribution in [0.3, 0.4) is 0 Å². The van der Waals surface area contributed by atoms with Gasteiger partial charge in [-0.25, -0.2) is 0 Å². The molecule has 7 nitrogen and oxygen atoms in total. The Hall–Kier alpha value is -2.88. The molecule has 2 heterocycles. The van der Waals surface area contributed by atoms with E-state index in [1.807, 2.05) is 39.8 Å². The minimum absolute atomic E-state index is 0.0598. The van der Waals surface area contributed by atoms with Gasteiger partial charge in [0.25, 0.3) is 0 Å². The number of aromatic hydroxyl groups is 2. The highest BCUT2D eigenvalue weighted by atomic mass is 33.1. The maximum Gasteiger partial charge on any atom is 0.200 e. The third-order valence-electron chi connectivity index (χ3n) is 9.76. The number of rotatable bonds is 7. The minimum Gasteiger partial charge on any atom is -0.508 e. The molecule has 1 aliphatic carbocycles. The zero-order valence-corrected chi connectivity index (χ0v) is 29.0. The summed E-state index contributed by atoms with van der Waals surface area (Å²) in [7, 11) is 6.88. The first-order valence-electron chi connectivity index (χ1n) is 16.4. The summed E-state index contributed by atoms with van der Waals surface area (Å²) in [4.78, 5) is 0. The van der Waals surface area contributed by atoms with Gasteiger partial charge >= 0.3 is 0 Å². The zero-order valence-electron chi connectivity index (χ0n) is 27.4. The molecular weight excluding hydrogens is 621 g/mol. The molecule has 3 aliphatic rings. The van der Waals surface area contributed by atoms with Crippen LogP contribution in [-0.2, 0) is 6.42 Å². The lowest BCUT2D eigenvalue weighted by molar-refractivity contribution is 0.00418. The maximum atomic E-state index is 12.2. The van der Waals surface area contributed by atoms with E-state index in [0.717, 1.165) is 60.1 Å². The van der Waals surface area contributed by atoms with E-state index in [9.17, 15) is 15.3 Å². The number of aliphatic hydroxyl groups excluding tert-OH is 1. The van der Waals surface area contributed by atoms with Gasteiger partial charge in [-0.2, -0.15) is 0 Å². The van der Waals surface area contributed by atoms with E-state index >= 15 is 0 Å². The minimum atomic E-state index is -0.862. The summed E-state index contributed by atoms with van der Waals surface area (Å²) >= 11 is 0. The normalized spacial score (nSPS) is 24.1. The number of methoxy groups -OCH3 is 2. The first kappa shape index (κ1) is 33.0. The van der Waals surface area contributed by atoms with Crippen LogP contribution in [0, 0.1) is 11.8 Å². The highest BCUT2D eigenvalue weighted by molar-refractivity contribution is 8.76. The number of hydrogen-bond donors (Lipinski definition) is 3. The molecule has 3 aromatic rings. The lowest BCUT2D eigenvalue weighted by Crippen LogP contribution is -2.37. The van der Waals surface area contributed by atoms with Crippen molar-refractivity contribution in [2.24, 2.45) is 11.8 Å². The molecule has 0 saturated carbocycles. The lowest BCUT2D eigenvalue weighted by atomic mass is 9.71. The van der Waals surface area contributed by atoms with Crippen LogP contribution in [0.25, 0.3) is 11.1 Å². The summed E-state index contributed by atoms with van der Waals surface area (Å²) in [6, 6.07) is 11.2. The van der Waals surface area contributed by atoms with Crippen LogP contribution < -0.4 is 18.9 Å². The number of benzene rings is 3. The highest BCUT2D eigenvalue weighted by Gasteiger charge is 2.43. The summed E-state index contributed by atoms with van der Waals surface area (Å²) in [6.45, 7) is 7.04. The molecule has 2 aliphatic heterocycles. The topological polar surface area (TPSA) is 97.6 Å². The fraction of sp³-hybridized carbons (Fsp3) is 0.514. The molecule has 2 bridgehead atoms. The smallest absolute Gasteiger partial charge is 0.200 e. The van der Waals surface area contributed by atoms with Crippen LogP contribution >= 0.6 is 21.6 Å². The SMILES string of the molecule is COc1cc([C@@H]2Oc3cc(OC)c4c5c3[C@H](CSSCC[C@@H](C)CC[C@@H](C5)c3cc(O)ccc3-4)[C@H]2O)cc(OCCC(C)C)c1O. The molecule has 0 fully saturated rings. The van der Waals surface area contributed by atoms with Crippen LogP contribution in [0.1, 0.15) is 86.6 Å². The Morgan fingerprint density at radius 2 is 1.74 bits per heavy atom. The molecule has 0 saturated heterocycles. The van der Waals surface area contributed by atoms with Crippen LogP contribution in [0.5, 0.6) is 34.5 Å². The van der Waals surface area contributed by atoms with E-state index < -0.39 is 12.2 Å². The molecule has 6 rings (SSSR count). The van der Waals surface area contributed by atoms with Crippen LogP contribution in [-0.4, -0.2) is 53.8 Å². The van der Waals surface area contributed by atoms with Crippen molar-refractivity contribution >= 4 is 21.6 Å². The largest absolute Gasteiger partial charge is 0.508 e. The van der Waals surface area contributed by atoms with Crippen molar-refractivity contribution in [3.05, 3.63) is 58.7 Å². The predicted molar refractivity (Wildman–Crippen MR) is 186 cm³/mol. The second-order valence-electron chi connectivity index (χ2n) is 13.3. The van der Waals surface area contributed by atoms with Crippen LogP contribution in [0.15, 0.2) is 36.4 Å². The Bertz CT molecular complexity index is 1560. The number of phenolic OH excluding ortho intramolecular Hbond substituents is 2. The van der Waals surface area contributed by atoms with E-state index in [4.69, 9.17) is 18.9 Å². The molecule has 248 valence electrons. The molecule has 0 unspecified atom stereocenters. The maximum absolute atomic E-state index is 12.2. The molecule has 5 atom stereocenters. The molecule has 46 heavy (non-hydrogen) atoms. The zero-order chi connectivity index (χ0) is 32.5. The summed E-state index contributed by atoms with van der Waals surface area (Å²) in [5.74, 6) is 5.07. The molecule has 3 aromatic carbocycles. The van der Waals surface area contributed by atoms with Gasteiger partial charge in [0.1, 0.15) is 23.4 Å². The molecule has 9 heteroatoms. The summed E-state index contributed by atoms with van der Waals surface area (Å²) < 4.78 is 24.4. The fourth-order valence-corrected chi connectivity index (χ4v) is 9.73. The quantitative estimate of drug-likeness (QED) is 0.214. The fourth-order valence-electron chi connectivity index (χ4n) is 7.13. The van der Waals surface area contributed by atoms with E-state index in [1.54, 1.807) is 25.3 Å². The molecule has 0 amide bonds. The van der Waals surface area contributed by atoms with Gasteiger partial charge in [0.15, 0.2) is 17.6 Å². The average molecular weight is 667 g/mol. The Morgan fingerprint density at radius 1 is 0.957 bits per heavy atom. The van der Waals surface area contributed by atoms with E-state index in [1.165, 1.54) is 12.7 Å². The Balaban J connectivity index is 1.49. The van der Waals surface area contributed by atoms with Crippen molar-refractivity contribution < 1.29 is 34.3 Å². The van der Waals surface area contributed by atoms with Gasteiger partial charge in [-0.3, -0.25) is 0 Å². The van der Waals surface area contributed by atoms with Gasteiger partial charge in [-0.15, -0.1) is 0 Å². The number of aliphatic hydroxyl groups is 1. The first-order valence-corrected chi connectivity index (χ1v) is 18.9. The predicted octanol–water partition coefficient (Wildman–Crippen LogP) is 8.63. The third kappa shape index (κ3) is 6.47. The Morgan fingerprint density at radius 3 is 2.50 bits per heavy atom. The van der Waals surface area contributed by atoms with E-state index in [2.05, 4.69) is 20.8 Å². The van der Waals surface area contributed by atoms with Gasteiger partial charge in [-0.05, 0) is 84.4 Å². The first-order chi connectivity index (χ1) is 22.2. The van der Waals surface area contributed by atoms with Crippen molar-refractivity contribution in [1.82, 2.24) is 0 Å². The number of phenols is 2. The van der Waals surface area contributed by atoms with Crippen LogP contribution in [0.4, 0.5) is 0 Å². The van der Waals surface area contributed by atoms with Crippen molar-refractivity contribution in [2.75, 3.05) is 32.3 Å². The van der Waals surface area contributed by atoms with E-state index in [0.29, 0.717) is 47.0 Å². The second-order valence-corrected chi connectivity index (χ2v) is 16.0. The van der Waals surface area contributed by atoms with E-state index in [-0.39, 0.29) is 29.1 Å². The second kappa shape index (κ2) is 14.1. The van der Waals surface area contributed by atoms with Crippen molar-refractivity contribution in [2.45, 2.75) is 76.9 Å². The van der Waals surface area contributed by atoms with Gasteiger partial charge in [0.05, 0.1) is 20.8 Å². The van der Waals surface area contributed by atoms with Gasteiger partial charge in [0, 0.05) is 40.2 Å². The van der Waals surface area contributed by atoms with Crippen LogP contribution in [0.2, 0.25) is 0 Å². The van der Waals surface area contributed by atoms with Gasteiger partial charge in [0.2, 0.25) is 5.75 Å². The Labute approximate surface area is 280 Å². The molecule has 3 N–H and O–H groups in total. The Kier molecular flexibility index (Phi) is 10.1. The number of fused-ring (bicyclic) bond motifs is 4. The number of ether oxygens (including phenoxy) is 4. The summed E-state index contributed by atoms with van der Waals surface area (Å²) in [5.41, 5.74) is 6.15. The van der Waals surface area contributed by atoms with Gasteiger partial charge < -0.3 is 34.3 Å². The molecular formula is C37H46O7S2. The van der Waals surface area contributed by atoms with Crippen molar-refractivity contribution in [1.29, 1.82) is 0 Å². The molecule has 0 spiro atoms. The standard InChI is InChI=1S/C37H46O7S2/c1-20(2)10-12-43-32-16-23(15-31(42-5)36(32)40)37-35(39)28-19-46-45-13-11-21(3)6-7-22-14-27-33(25-9-8-24(38)17-26(22)25)29(41-4)18-30(44-37)34(27)28/h8-9,15-18,20-22,28,35,37-40H,6-7,10-14,19H2,1-5H3/t21-,22-,28-,35+,37-/m0/s1. The third-order valence-corrected chi connectivity index (χ3v) is 12.2. The monoisotopic (exact) mass is 666 g/mol. The lowest BCUT2D eigenvalue weighted by Gasteiger charge is -2.41. The van der Waals surface area contributed by atoms with Gasteiger partial charge in [-0.1, -0.05) is 54.8 Å². The highest BCUT2D eigenvalue weighted by Crippen LogP contribution is 2.56. The average Bonchev–Trinajstić information content (AvgIpc) is 3.05. The summed E-state index contributed by atoms with van der Waals surface area (Å²) in [6.07, 6.45) is 3.32. The van der Waals surface area contributed by atoms with Crippen molar-refractivity contribution in [3.63, 3.8) is 0 Å². The summed E-state index contributed by atoms with van der Waals surface area (Å²) in [5, 5.41) is 33.7. The molecule has 0 radical (unpaired) electrons.